The molecule has 3 aromatic rings. The van der Waals surface area contributed by atoms with Crippen molar-refractivity contribution < 1.29 is 18.7 Å². The van der Waals surface area contributed by atoms with Crippen LogP contribution in [0.15, 0.2) is 42.5 Å². The van der Waals surface area contributed by atoms with Crippen LogP contribution in [0.4, 0.5) is 26.7 Å². The zero-order chi connectivity index (χ0) is 25.1. The van der Waals surface area contributed by atoms with Gasteiger partial charge in [0.25, 0.3) is 0 Å². The van der Waals surface area contributed by atoms with Gasteiger partial charge in [-0.3, -0.25) is 9.69 Å². The molecule has 36 heavy (non-hydrogen) atoms. The molecule has 2 fully saturated rings. The van der Waals surface area contributed by atoms with Crippen molar-refractivity contribution in [1.29, 1.82) is 0 Å². The average Bonchev–Trinajstić information content (AvgIpc) is 3.29. The van der Waals surface area contributed by atoms with Crippen LogP contribution in [-0.2, 0) is 4.74 Å². The summed E-state index contributed by atoms with van der Waals surface area (Å²) in [5.41, 5.74) is 8.25. The minimum absolute atomic E-state index is 0.0797. The molecule has 2 aliphatic rings. The highest BCUT2D eigenvalue weighted by molar-refractivity contribution is 7.18. The first-order valence-electron chi connectivity index (χ1n) is 12.1. The molecule has 0 bridgehead atoms. The molecule has 0 spiro atoms. The Labute approximate surface area is 213 Å². The van der Waals surface area contributed by atoms with Crippen LogP contribution in [0.25, 0.3) is 0 Å². The fourth-order valence-corrected chi connectivity index (χ4v) is 5.66. The molecule has 0 unspecified atom stereocenters. The third kappa shape index (κ3) is 5.30. The number of hydrogen-bond donors (Lipinski definition) is 2. The first-order valence-corrected chi connectivity index (χ1v) is 12.9. The van der Waals surface area contributed by atoms with Gasteiger partial charge in [-0.05, 0) is 55.3 Å². The highest BCUT2D eigenvalue weighted by Gasteiger charge is 2.26. The predicted octanol–water partition coefficient (Wildman–Crippen LogP) is 4.15. The Hall–Kier alpha value is -3.21. The molecule has 2 saturated heterocycles. The fourth-order valence-electron chi connectivity index (χ4n) is 4.80. The normalized spacial score (nSPS) is 17.2. The molecule has 0 atom stereocenters. The van der Waals surface area contributed by atoms with Crippen LogP contribution in [-0.4, -0.2) is 68.2 Å². The summed E-state index contributed by atoms with van der Waals surface area (Å²) < 4.78 is 24.4. The van der Waals surface area contributed by atoms with Crippen molar-refractivity contribution >= 4 is 39.4 Å². The van der Waals surface area contributed by atoms with E-state index in [-0.39, 0.29) is 27.8 Å². The molecule has 0 saturated carbocycles. The molecule has 190 valence electrons. The second kappa shape index (κ2) is 10.8. The third-order valence-electron chi connectivity index (χ3n) is 6.78. The number of benzene rings is 2. The van der Waals surface area contributed by atoms with Gasteiger partial charge in [0.05, 0.1) is 20.3 Å². The van der Waals surface area contributed by atoms with E-state index in [0.29, 0.717) is 11.2 Å². The highest BCUT2D eigenvalue weighted by atomic mass is 32.1. The van der Waals surface area contributed by atoms with Gasteiger partial charge in [0.15, 0.2) is 16.7 Å². The first kappa shape index (κ1) is 24.5. The molecule has 8 nitrogen and oxygen atoms in total. The first-order chi connectivity index (χ1) is 17.5. The maximum Gasteiger partial charge on any atom is 0.206 e. The van der Waals surface area contributed by atoms with Crippen molar-refractivity contribution in [3.63, 3.8) is 0 Å². The molecule has 2 aromatic carbocycles. The number of morpholine rings is 1. The maximum absolute atomic E-state index is 14.0. The summed E-state index contributed by atoms with van der Waals surface area (Å²) in [7, 11) is 1.38. The van der Waals surface area contributed by atoms with Gasteiger partial charge < -0.3 is 25.4 Å². The minimum Gasteiger partial charge on any atom is -0.494 e. The Morgan fingerprint density at radius 1 is 1.14 bits per heavy atom. The van der Waals surface area contributed by atoms with E-state index in [1.165, 1.54) is 24.9 Å². The van der Waals surface area contributed by atoms with Gasteiger partial charge in [0.1, 0.15) is 10.7 Å². The molecular weight excluding hydrogens is 481 g/mol. The van der Waals surface area contributed by atoms with Gasteiger partial charge >= 0.3 is 0 Å². The van der Waals surface area contributed by atoms with Crippen molar-refractivity contribution in [3.8, 4) is 5.75 Å². The number of ether oxygens (including phenoxy) is 2. The molecule has 0 aliphatic carbocycles. The van der Waals surface area contributed by atoms with E-state index in [1.54, 1.807) is 0 Å². The van der Waals surface area contributed by atoms with Crippen molar-refractivity contribution in [2.24, 2.45) is 0 Å². The van der Waals surface area contributed by atoms with E-state index in [0.717, 1.165) is 75.3 Å². The van der Waals surface area contributed by atoms with Crippen molar-refractivity contribution in [2.45, 2.75) is 18.9 Å². The molecule has 1 aromatic heterocycles. The minimum atomic E-state index is -0.602. The molecule has 3 N–H and O–H groups in total. The number of halogens is 1. The fraction of sp³-hybridized carbons (Fsp3) is 0.385. The van der Waals surface area contributed by atoms with Crippen LogP contribution in [0, 0.1) is 5.82 Å². The number of rotatable bonds is 7. The number of nitrogens with one attached hydrogen (secondary N) is 1. The van der Waals surface area contributed by atoms with Crippen LogP contribution in [0.2, 0.25) is 0 Å². The molecule has 2 aliphatic heterocycles. The maximum atomic E-state index is 14.0. The lowest BCUT2D eigenvalue weighted by molar-refractivity contribution is 0.0115. The summed E-state index contributed by atoms with van der Waals surface area (Å²) in [5, 5.41) is 3.73. The monoisotopic (exact) mass is 511 g/mol. The van der Waals surface area contributed by atoms with Crippen LogP contribution in [0.3, 0.4) is 0 Å². The number of aromatic nitrogens is 1. The van der Waals surface area contributed by atoms with E-state index >= 15 is 0 Å². The Morgan fingerprint density at radius 3 is 2.53 bits per heavy atom. The number of thiazole rings is 1. The Bertz CT molecular complexity index is 1200. The van der Waals surface area contributed by atoms with Crippen LogP contribution >= 0.6 is 11.3 Å². The molecular formula is C26H30FN5O3S. The summed E-state index contributed by atoms with van der Waals surface area (Å²) >= 11 is 1.14. The third-order valence-corrected chi connectivity index (χ3v) is 7.77. The number of nitrogens with zero attached hydrogens (tertiary/aromatic N) is 3. The van der Waals surface area contributed by atoms with Gasteiger partial charge in [0, 0.05) is 49.2 Å². The van der Waals surface area contributed by atoms with Crippen molar-refractivity contribution in [1.82, 2.24) is 9.88 Å². The number of carbonyl (C=O) groups is 1. The number of nitrogen functional groups attached to an aromatic ring is 1. The number of ketones is 1. The molecule has 5 rings (SSSR count). The zero-order valence-electron chi connectivity index (χ0n) is 20.2. The largest absolute Gasteiger partial charge is 0.494 e. The molecule has 10 heteroatoms. The van der Waals surface area contributed by atoms with E-state index < -0.39 is 5.82 Å². The summed E-state index contributed by atoms with van der Waals surface area (Å²) in [6.07, 6.45) is 2.32. The average molecular weight is 512 g/mol. The summed E-state index contributed by atoms with van der Waals surface area (Å²) in [6.45, 7) is 5.84. The lowest BCUT2D eigenvalue weighted by atomic mass is 10.0. The standard InChI is InChI=1S/C26H30FN5O3S/c1-34-22-7-2-17(16-21(22)27)23(33)24-25(28)30-26(36-24)29-18-3-5-19(6-4-18)31-10-8-20(9-11-31)32-12-14-35-15-13-32/h2-7,16,20H,8-15,28H2,1H3,(H,29,30). The van der Waals surface area contributed by atoms with Crippen molar-refractivity contribution in [3.05, 3.63) is 58.7 Å². The summed E-state index contributed by atoms with van der Waals surface area (Å²) in [6, 6.07) is 12.9. The zero-order valence-corrected chi connectivity index (χ0v) is 21.0. The SMILES string of the molecule is COc1ccc(C(=O)c2sc(Nc3ccc(N4CCC(N5CCOCC5)CC4)cc3)nc2N)cc1F. The van der Waals surface area contributed by atoms with Crippen LogP contribution in [0.1, 0.15) is 28.1 Å². The number of carbonyl (C=O) groups excluding carboxylic acids is 1. The van der Waals surface area contributed by atoms with Crippen molar-refractivity contribution in [2.75, 3.05) is 62.5 Å². The van der Waals surface area contributed by atoms with Crippen LogP contribution in [0.5, 0.6) is 5.75 Å². The van der Waals surface area contributed by atoms with Gasteiger partial charge in [-0.25, -0.2) is 9.37 Å². The highest BCUT2D eigenvalue weighted by Crippen LogP contribution is 2.31. The number of piperidine rings is 1. The van der Waals surface area contributed by atoms with E-state index in [4.69, 9.17) is 15.2 Å². The quantitative estimate of drug-likeness (QED) is 0.457. The Morgan fingerprint density at radius 2 is 1.86 bits per heavy atom. The van der Waals surface area contributed by atoms with Gasteiger partial charge in [-0.1, -0.05) is 11.3 Å². The van der Waals surface area contributed by atoms with E-state index in [2.05, 4.69) is 32.2 Å². The van der Waals surface area contributed by atoms with Gasteiger partial charge in [-0.2, -0.15) is 0 Å². The van der Waals surface area contributed by atoms with Crippen LogP contribution < -0.4 is 20.7 Å². The molecule has 3 heterocycles. The summed E-state index contributed by atoms with van der Waals surface area (Å²) in [4.78, 5) is 22.4. The van der Waals surface area contributed by atoms with E-state index in [9.17, 15) is 9.18 Å². The van der Waals surface area contributed by atoms with Gasteiger partial charge in [-0.15, -0.1) is 0 Å². The lowest BCUT2D eigenvalue weighted by Crippen LogP contribution is -2.49. The Balaban J connectivity index is 1.20. The number of nitrogens with two attached hydrogens (primary N) is 1. The second-order valence-corrected chi connectivity index (χ2v) is 9.95. The smallest absolute Gasteiger partial charge is 0.206 e. The molecule has 0 radical (unpaired) electrons. The Kier molecular flexibility index (Phi) is 7.35. The number of methoxy groups -OCH3 is 1. The lowest BCUT2D eigenvalue weighted by Gasteiger charge is -2.40. The predicted molar refractivity (Wildman–Crippen MR) is 140 cm³/mol. The molecule has 0 amide bonds. The number of hydrogen-bond acceptors (Lipinski definition) is 9. The topological polar surface area (TPSA) is 93.0 Å². The summed E-state index contributed by atoms with van der Waals surface area (Å²) in [5.74, 6) is -0.787. The van der Waals surface area contributed by atoms with E-state index in [1.807, 2.05) is 12.1 Å². The number of anilines is 4. The second-order valence-electron chi connectivity index (χ2n) is 8.95. The van der Waals surface area contributed by atoms with Gasteiger partial charge in [0.2, 0.25) is 5.78 Å².